The summed E-state index contributed by atoms with van der Waals surface area (Å²) in [5.74, 6) is 0.141. The molecule has 2 fully saturated rings. The number of carbonyl (C=O) groups is 2. The van der Waals surface area contributed by atoms with Crippen LogP contribution >= 0.6 is 0 Å². The molecule has 2 amide bonds. The first-order chi connectivity index (χ1) is 13.4. The van der Waals surface area contributed by atoms with Gasteiger partial charge in [0.25, 0.3) is 5.91 Å². The standard InChI is InChI=1S/C20H26N4O4/c1-20(2)13(12-21-17(25)11-18-27-8-9-28-18)10-16(20)23-19(26)14-4-3-7-24-15(14)5-6-22-24/h3-7,13,16,18H,8-12H2,1-2H3,(H,21,25)(H,23,26). The Morgan fingerprint density at radius 3 is 2.82 bits per heavy atom. The molecule has 0 spiro atoms. The van der Waals surface area contributed by atoms with E-state index in [2.05, 4.69) is 29.6 Å². The van der Waals surface area contributed by atoms with E-state index in [1.54, 1.807) is 10.7 Å². The summed E-state index contributed by atoms with van der Waals surface area (Å²) in [6.07, 6.45) is 4.13. The van der Waals surface area contributed by atoms with Crippen LogP contribution in [0.25, 0.3) is 5.52 Å². The Morgan fingerprint density at radius 2 is 2.07 bits per heavy atom. The number of amides is 2. The van der Waals surface area contributed by atoms with Crippen molar-refractivity contribution in [3.8, 4) is 0 Å². The molecule has 0 aromatic carbocycles. The highest BCUT2D eigenvalue weighted by molar-refractivity contribution is 6.00. The van der Waals surface area contributed by atoms with Gasteiger partial charge < -0.3 is 20.1 Å². The Morgan fingerprint density at radius 1 is 1.29 bits per heavy atom. The topological polar surface area (TPSA) is 94.0 Å². The smallest absolute Gasteiger partial charge is 0.253 e. The average Bonchev–Trinajstić information content (AvgIpc) is 3.34. The van der Waals surface area contributed by atoms with Crippen molar-refractivity contribution in [2.24, 2.45) is 11.3 Å². The number of carbonyl (C=O) groups excluding carboxylic acids is 2. The van der Waals surface area contributed by atoms with Crippen molar-refractivity contribution in [2.45, 2.75) is 39.0 Å². The highest BCUT2D eigenvalue weighted by Gasteiger charge is 2.48. The minimum Gasteiger partial charge on any atom is -0.356 e. The number of nitrogens with one attached hydrogen (secondary N) is 2. The summed E-state index contributed by atoms with van der Waals surface area (Å²) in [5.41, 5.74) is 1.30. The van der Waals surface area contributed by atoms with Crippen molar-refractivity contribution in [3.63, 3.8) is 0 Å². The van der Waals surface area contributed by atoms with E-state index in [4.69, 9.17) is 9.47 Å². The van der Waals surface area contributed by atoms with Crippen LogP contribution in [0.15, 0.2) is 30.6 Å². The molecule has 4 rings (SSSR count). The molecule has 28 heavy (non-hydrogen) atoms. The molecule has 1 aliphatic carbocycles. The highest BCUT2D eigenvalue weighted by Crippen LogP contribution is 2.46. The second kappa shape index (κ2) is 7.52. The van der Waals surface area contributed by atoms with Crippen LogP contribution in [0.4, 0.5) is 0 Å². The lowest BCUT2D eigenvalue weighted by Gasteiger charge is -2.52. The van der Waals surface area contributed by atoms with Crippen LogP contribution in [-0.4, -0.2) is 53.5 Å². The van der Waals surface area contributed by atoms with E-state index < -0.39 is 6.29 Å². The van der Waals surface area contributed by atoms with Crippen LogP contribution in [0, 0.1) is 11.3 Å². The third-order valence-electron chi connectivity index (χ3n) is 6.05. The molecule has 1 aliphatic heterocycles. The van der Waals surface area contributed by atoms with Gasteiger partial charge in [0.1, 0.15) is 0 Å². The summed E-state index contributed by atoms with van der Waals surface area (Å²) in [5, 5.41) is 10.3. The number of fused-ring (bicyclic) bond motifs is 1. The Kier molecular flexibility index (Phi) is 5.07. The van der Waals surface area contributed by atoms with Crippen LogP contribution in [0.1, 0.15) is 37.0 Å². The summed E-state index contributed by atoms with van der Waals surface area (Å²) >= 11 is 0. The molecule has 3 heterocycles. The molecule has 2 N–H and O–H groups in total. The highest BCUT2D eigenvalue weighted by atomic mass is 16.7. The number of ether oxygens (including phenoxy) is 2. The zero-order valence-electron chi connectivity index (χ0n) is 16.2. The fraction of sp³-hybridized carbons (Fsp3) is 0.550. The number of pyridine rings is 1. The van der Waals surface area contributed by atoms with Crippen molar-refractivity contribution < 1.29 is 19.1 Å². The van der Waals surface area contributed by atoms with E-state index in [1.165, 1.54) is 0 Å². The molecule has 0 radical (unpaired) electrons. The number of hydrogen-bond acceptors (Lipinski definition) is 5. The molecule has 2 aromatic heterocycles. The SMILES string of the molecule is CC1(C)C(CNC(=O)CC2OCCO2)CC1NC(=O)c1cccn2nccc12. The second-order valence-electron chi connectivity index (χ2n) is 8.04. The van der Waals surface area contributed by atoms with E-state index in [0.29, 0.717) is 31.2 Å². The molecule has 1 saturated heterocycles. The first-order valence-corrected chi connectivity index (χ1v) is 9.68. The van der Waals surface area contributed by atoms with Crippen molar-refractivity contribution in [1.29, 1.82) is 0 Å². The summed E-state index contributed by atoms with van der Waals surface area (Å²) in [7, 11) is 0. The minimum absolute atomic E-state index is 0.0616. The second-order valence-corrected chi connectivity index (χ2v) is 8.04. The van der Waals surface area contributed by atoms with E-state index in [9.17, 15) is 9.59 Å². The lowest BCUT2D eigenvalue weighted by atomic mass is 9.58. The third kappa shape index (κ3) is 3.62. The number of aromatic nitrogens is 2. The van der Waals surface area contributed by atoms with Crippen molar-refractivity contribution in [1.82, 2.24) is 20.2 Å². The quantitative estimate of drug-likeness (QED) is 0.782. The summed E-state index contributed by atoms with van der Waals surface area (Å²) in [4.78, 5) is 24.8. The molecule has 8 nitrogen and oxygen atoms in total. The Bertz CT molecular complexity index is 872. The predicted octanol–water partition coefficient (Wildman–Crippen LogP) is 1.36. The summed E-state index contributed by atoms with van der Waals surface area (Å²) in [6, 6.07) is 5.52. The number of hydrogen-bond donors (Lipinski definition) is 2. The zero-order chi connectivity index (χ0) is 19.7. The molecule has 0 bridgehead atoms. The monoisotopic (exact) mass is 386 g/mol. The van der Waals surface area contributed by atoms with Crippen LogP contribution in [0.5, 0.6) is 0 Å². The summed E-state index contributed by atoms with van der Waals surface area (Å²) in [6.45, 7) is 5.93. The minimum atomic E-state index is -0.423. The Balaban J connectivity index is 1.29. The lowest BCUT2D eigenvalue weighted by molar-refractivity contribution is -0.130. The molecule has 150 valence electrons. The van der Waals surface area contributed by atoms with Crippen molar-refractivity contribution in [3.05, 3.63) is 36.2 Å². The van der Waals surface area contributed by atoms with Gasteiger partial charge in [-0.25, -0.2) is 4.52 Å². The van der Waals surface area contributed by atoms with E-state index in [-0.39, 0.29) is 29.7 Å². The molecule has 8 heteroatoms. The Hall–Kier alpha value is -2.45. The maximum atomic E-state index is 12.8. The molecule has 2 atom stereocenters. The van der Waals surface area contributed by atoms with Crippen LogP contribution in [0.3, 0.4) is 0 Å². The molecule has 2 aliphatic rings. The molecule has 2 unspecified atom stereocenters. The first-order valence-electron chi connectivity index (χ1n) is 9.68. The van der Waals surface area contributed by atoms with Gasteiger partial charge in [0.15, 0.2) is 6.29 Å². The lowest BCUT2D eigenvalue weighted by Crippen LogP contribution is -2.60. The van der Waals surface area contributed by atoms with Gasteiger partial charge in [-0.3, -0.25) is 9.59 Å². The number of rotatable bonds is 6. The Labute approximate surface area is 163 Å². The van der Waals surface area contributed by atoms with Crippen LogP contribution in [-0.2, 0) is 14.3 Å². The van der Waals surface area contributed by atoms with Crippen LogP contribution < -0.4 is 10.6 Å². The van der Waals surface area contributed by atoms with Crippen LogP contribution in [0.2, 0.25) is 0 Å². The fourth-order valence-electron chi connectivity index (χ4n) is 3.97. The van der Waals surface area contributed by atoms with Gasteiger partial charge in [-0.05, 0) is 36.0 Å². The van der Waals surface area contributed by atoms with Gasteiger partial charge in [0.05, 0.1) is 36.9 Å². The first kappa shape index (κ1) is 18.9. The van der Waals surface area contributed by atoms with Gasteiger partial charge in [-0.1, -0.05) is 13.8 Å². The van der Waals surface area contributed by atoms with Gasteiger partial charge in [-0.2, -0.15) is 5.10 Å². The van der Waals surface area contributed by atoms with Gasteiger partial charge in [0, 0.05) is 18.8 Å². The normalized spacial score (nSPS) is 24.1. The van der Waals surface area contributed by atoms with Crippen molar-refractivity contribution >= 4 is 17.3 Å². The van der Waals surface area contributed by atoms with E-state index in [0.717, 1.165) is 11.9 Å². The number of nitrogens with zero attached hydrogens (tertiary/aromatic N) is 2. The van der Waals surface area contributed by atoms with E-state index >= 15 is 0 Å². The van der Waals surface area contributed by atoms with Crippen molar-refractivity contribution in [2.75, 3.05) is 19.8 Å². The molecule has 1 saturated carbocycles. The van der Waals surface area contributed by atoms with Gasteiger partial charge in [-0.15, -0.1) is 0 Å². The third-order valence-corrected chi connectivity index (χ3v) is 6.05. The van der Waals surface area contributed by atoms with E-state index in [1.807, 2.05) is 24.4 Å². The molecular weight excluding hydrogens is 360 g/mol. The maximum absolute atomic E-state index is 12.8. The molecular formula is C20H26N4O4. The fourth-order valence-corrected chi connectivity index (χ4v) is 3.97. The zero-order valence-corrected chi connectivity index (χ0v) is 16.2. The predicted molar refractivity (Wildman–Crippen MR) is 102 cm³/mol. The largest absolute Gasteiger partial charge is 0.356 e. The summed E-state index contributed by atoms with van der Waals surface area (Å²) < 4.78 is 12.3. The van der Waals surface area contributed by atoms with Gasteiger partial charge >= 0.3 is 0 Å². The average molecular weight is 386 g/mol. The maximum Gasteiger partial charge on any atom is 0.253 e. The molecule has 2 aromatic rings. The van der Waals surface area contributed by atoms with Gasteiger partial charge in [0.2, 0.25) is 5.91 Å².